The van der Waals surface area contributed by atoms with Crippen molar-refractivity contribution < 1.29 is 0 Å². The third kappa shape index (κ3) is 2.33. The predicted molar refractivity (Wildman–Crippen MR) is 80.5 cm³/mol. The van der Waals surface area contributed by atoms with Crippen molar-refractivity contribution in [3.8, 4) is 0 Å². The Morgan fingerprint density at radius 2 is 2.10 bits per heavy atom. The lowest BCUT2D eigenvalue weighted by Gasteiger charge is -2.47. The molecule has 2 saturated heterocycles. The molecule has 0 spiro atoms. The molecule has 2 atom stereocenters. The summed E-state index contributed by atoms with van der Waals surface area (Å²) in [4.78, 5) is 16.7. The second-order valence-corrected chi connectivity index (χ2v) is 6.36. The highest BCUT2D eigenvalue weighted by Gasteiger charge is 2.36. The van der Waals surface area contributed by atoms with Crippen LogP contribution in [0.5, 0.6) is 0 Å². The van der Waals surface area contributed by atoms with Gasteiger partial charge in [0.1, 0.15) is 5.02 Å². The second kappa shape index (κ2) is 5.37. The van der Waals surface area contributed by atoms with Crippen molar-refractivity contribution in [2.45, 2.75) is 25.3 Å². The van der Waals surface area contributed by atoms with Gasteiger partial charge in [0.15, 0.2) is 0 Å². The lowest BCUT2D eigenvalue weighted by atomic mass is 9.84. The van der Waals surface area contributed by atoms with E-state index in [1.165, 1.54) is 11.1 Å². The summed E-state index contributed by atoms with van der Waals surface area (Å²) in [5.74, 6) is 0.669. The van der Waals surface area contributed by atoms with Crippen LogP contribution >= 0.6 is 11.6 Å². The summed E-state index contributed by atoms with van der Waals surface area (Å²) in [6.45, 7) is 3.21. The van der Waals surface area contributed by atoms with Gasteiger partial charge in [-0.2, -0.15) is 5.10 Å². The van der Waals surface area contributed by atoms with Gasteiger partial charge in [-0.1, -0.05) is 11.6 Å². The van der Waals surface area contributed by atoms with Crippen molar-refractivity contribution in [3.05, 3.63) is 21.6 Å². The van der Waals surface area contributed by atoms with E-state index in [0.29, 0.717) is 17.0 Å². The SMILES string of the molecule is CN1CC[C@@H]2[C@H](CCCN2c2cnn(C)c(=O)c2Cl)C1. The summed E-state index contributed by atoms with van der Waals surface area (Å²) in [5.41, 5.74) is 0.605. The summed E-state index contributed by atoms with van der Waals surface area (Å²) in [7, 11) is 3.81. The number of piperidine rings is 2. The molecule has 0 saturated carbocycles. The number of anilines is 1. The molecule has 20 heavy (non-hydrogen) atoms. The van der Waals surface area contributed by atoms with Crippen molar-refractivity contribution in [1.82, 2.24) is 14.7 Å². The predicted octanol–water partition coefficient (Wildman–Crippen LogP) is 1.35. The van der Waals surface area contributed by atoms with Gasteiger partial charge >= 0.3 is 0 Å². The fraction of sp³-hybridized carbons (Fsp3) is 0.714. The molecule has 6 heteroatoms. The second-order valence-electron chi connectivity index (χ2n) is 5.99. The van der Waals surface area contributed by atoms with E-state index in [-0.39, 0.29) is 5.56 Å². The van der Waals surface area contributed by atoms with Crippen molar-refractivity contribution in [2.75, 3.05) is 31.6 Å². The van der Waals surface area contributed by atoms with Gasteiger partial charge in [-0.3, -0.25) is 4.79 Å². The summed E-state index contributed by atoms with van der Waals surface area (Å²) < 4.78 is 1.29. The molecule has 0 radical (unpaired) electrons. The minimum Gasteiger partial charge on any atom is -0.366 e. The van der Waals surface area contributed by atoms with E-state index in [1.807, 2.05) is 0 Å². The number of aromatic nitrogens is 2. The van der Waals surface area contributed by atoms with Crippen LogP contribution in [0, 0.1) is 5.92 Å². The van der Waals surface area contributed by atoms with Gasteiger partial charge in [-0.15, -0.1) is 0 Å². The van der Waals surface area contributed by atoms with Gasteiger partial charge in [0.2, 0.25) is 0 Å². The van der Waals surface area contributed by atoms with Crippen LogP contribution in [0.2, 0.25) is 5.02 Å². The van der Waals surface area contributed by atoms with Crippen LogP contribution in [0.4, 0.5) is 5.69 Å². The Morgan fingerprint density at radius 3 is 2.90 bits per heavy atom. The van der Waals surface area contributed by atoms with Crippen LogP contribution in [-0.4, -0.2) is 47.4 Å². The van der Waals surface area contributed by atoms with Gasteiger partial charge in [0.25, 0.3) is 5.56 Å². The first-order valence-electron chi connectivity index (χ1n) is 7.25. The average molecular weight is 297 g/mol. The average Bonchev–Trinajstić information content (AvgIpc) is 2.44. The fourth-order valence-electron chi connectivity index (χ4n) is 3.59. The Labute approximate surface area is 124 Å². The monoisotopic (exact) mass is 296 g/mol. The minimum absolute atomic E-state index is 0.209. The first kappa shape index (κ1) is 13.9. The van der Waals surface area contributed by atoms with Gasteiger partial charge in [-0.25, -0.2) is 4.68 Å². The summed E-state index contributed by atoms with van der Waals surface area (Å²) in [6.07, 6.45) is 5.29. The van der Waals surface area contributed by atoms with Crippen LogP contribution in [0.1, 0.15) is 19.3 Å². The number of likely N-dealkylation sites (tertiary alicyclic amines) is 1. The maximum atomic E-state index is 12.0. The van der Waals surface area contributed by atoms with Gasteiger partial charge < -0.3 is 9.80 Å². The lowest BCUT2D eigenvalue weighted by molar-refractivity contribution is 0.154. The zero-order valence-corrected chi connectivity index (χ0v) is 12.8. The Bertz CT molecular complexity index is 559. The quantitative estimate of drug-likeness (QED) is 0.784. The number of halogens is 1. The van der Waals surface area contributed by atoms with Gasteiger partial charge in [-0.05, 0) is 38.8 Å². The standard InChI is InChI=1S/C14H21ClN4O/c1-17-7-5-11-10(9-17)4-3-6-19(11)12-8-16-18(2)14(20)13(12)15/h8,10-11H,3-7,9H2,1-2H3/t10-,11-/m1/s1. The summed E-state index contributed by atoms with van der Waals surface area (Å²) in [6, 6.07) is 0.492. The van der Waals surface area contributed by atoms with Crippen LogP contribution in [-0.2, 0) is 7.05 Å². The molecule has 110 valence electrons. The molecular weight excluding hydrogens is 276 g/mol. The highest BCUT2D eigenvalue weighted by Crippen LogP contribution is 2.35. The summed E-state index contributed by atoms with van der Waals surface area (Å²) in [5, 5.41) is 4.44. The smallest absolute Gasteiger partial charge is 0.287 e. The molecule has 1 aromatic heterocycles. The van der Waals surface area contributed by atoms with Crippen molar-refractivity contribution >= 4 is 17.3 Å². The van der Waals surface area contributed by atoms with E-state index >= 15 is 0 Å². The molecule has 1 aromatic rings. The lowest BCUT2D eigenvalue weighted by Crippen LogP contribution is -2.53. The number of hydrogen-bond donors (Lipinski definition) is 0. The van der Waals surface area contributed by atoms with E-state index < -0.39 is 0 Å². The largest absolute Gasteiger partial charge is 0.366 e. The Hall–Kier alpha value is -1.07. The molecule has 0 bridgehead atoms. The first-order valence-corrected chi connectivity index (χ1v) is 7.62. The molecule has 0 aliphatic carbocycles. The van der Waals surface area contributed by atoms with E-state index in [4.69, 9.17) is 11.6 Å². The zero-order chi connectivity index (χ0) is 14.3. The number of hydrogen-bond acceptors (Lipinski definition) is 4. The molecular formula is C14H21ClN4O. The zero-order valence-electron chi connectivity index (χ0n) is 12.0. The van der Waals surface area contributed by atoms with E-state index in [0.717, 1.165) is 38.2 Å². The highest BCUT2D eigenvalue weighted by molar-refractivity contribution is 6.33. The molecule has 0 N–H and O–H groups in total. The van der Waals surface area contributed by atoms with Gasteiger partial charge in [0, 0.05) is 26.2 Å². The molecule has 2 aliphatic rings. The Kier molecular flexibility index (Phi) is 3.73. The van der Waals surface area contributed by atoms with Crippen molar-refractivity contribution in [2.24, 2.45) is 13.0 Å². The molecule has 0 aromatic carbocycles. The molecule has 0 amide bonds. The first-order chi connectivity index (χ1) is 9.58. The number of fused-ring (bicyclic) bond motifs is 1. The molecule has 2 fully saturated rings. The highest BCUT2D eigenvalue weighted by atomic mass is 35.5. The molecule has 2 aliphatic heterocycles. The topological polar surface area (TPSA) is 41.4 Å². The Balaban J connectivity index is 1.93. The number of aryl methyl sites for hydroxylation is 1. The third-order valence-corrected chi connectivity index (χ3v) is 5.00. The van der Waals surface area contributed by atoms with Crippen molar-refractivity contribution in [1.29, 1.82) is 0 Å². The van der Waals surface area contributed by atoms with E-state index in [9.17, 15) is 4.79 Å². The van der Waals surface area contributed by atoms with Crippen LogP contribution in [0.15, 0.2) is 11.0 Å². The summed E-state index contributed by atoms with van der Waals surface area (Å²) >= 11 is 6.27. The van der Waals surface area contributed by atoms with Crippen LogP contribution in [0.3, 0.4) is 0 Å². The number of nitrogens with zero attached hydrogens (tertiary/aromatic N) is 4. The minimum atomic E-state index is -0.209. The van der Waals surface area contributed by atoms with Crippen molar-refractivity contribution in [3.63, 3.8) is 0 Å². The molecule has 3 heterocycles. The van der Waals surface area contributed by atoms with E-state index in [1.54, 1.807) is 13.2 Å². The van der Waals surface area contributed by atoms with Gasteiger partial charge in [0.05, 0.1) is 11.9 Å². The fourth-order valence-corrected chi connectivity index (χ4v) is 3.87. The maximum Gasteiger partial charge on any atom is 0.287 e. The molecule has 5 nitrogen and oxygen atoms in total. The molecule has 3 rings (SSSR count). The Morgan fingerprint density at radius 1 is 1.30 bits per heavy atom. The normalized spacial score (nSPS) is 27.4. The third-order valence-electron chi connectivity index (χ3n) is 4.64. The van der Waals surface area contributed by atoms with Crippen LogP contribution in [0.25, 0.3) is 0 Å². The maximum absolute atomic E-state index is 12.0. The van der Waals surface area contributed by atoms with Crippen LogP contribution < -0.4 is 10.5 Å². The molecule has 0 unspecified atom stereocenters. The van der Waals surface area contributed by atoms with E-state index in [2.05, 4.69) is 21.9 Å². The number of rotatable bonds is 1.